The molecule has 0 spiro atoms. The lowest BCUT2D eigenvalue weighted by atomic mass is 10.0. The van der Waals surface area contributed by atoms with Crippen molar-refractivity contribution in [2.24, 2.45) is 5.41 Å². The zero-order valence-corrected chi connectivity index (χ0v) is 12.0. The normalized spacial score (nSPS) is 20.2. The van der Waals surface area contributed by atoms with Gasteiger partial charge in [0.1, 0.15) is 5.25 Å². The molecule has 0 saturated heterocycles. The molecule has 0 aromatic carbocycles. The van der Waals surface area contributed by atoms with E-state index in [4.69, 9.17) is 0 Å². The predicted octanol–water partition coefficient (Wildman–Crippen LogP) is 1.10. The third kappa shape index (κ3) is 3.73. The summed E-state index contributed by atoms with van der Waals surface area (Å²) in [5.74, 6) is -0.386. The summed E-state index contributed by atoms with van der Waals surface area (Å²) in [6, 6.07) is 0. The summed E-state index contributed by atoms with van der Waals surface area (Å²) in [4.78, 5) is 11.6. The number of rotatable bonds is 6. The Hall–Kier alpha value is -0.100. The summed E-state index contributed by atoms with van der Waals surface area (Å²) in [5, 5.41) is 2.71. The van der Waals surface area contributed by atoms with Crippen molar-refractivity contribution < 1.29 is 13.2 Å². The molecule has 1 fully saturated rings. The minimum atomic E-state index is -3.28. The number of amides is 1. The van der Waals surface area contributed by atoms with Gasteiger partial charge in [0.05, 0.1) is 0 Å². The molecular weight excluding hydrogens is 294 g/mol. The van der Waals surface area contributed by atoms with Crippen LogP contribution in [0.3, 0.4) is 0 Å². The Labute approximate surface area is 105 Å². The van der Waals surface area contributed by atoms with E-state index in [-0.39, 0.29) is 11.3 Å². The number of hydrogen-bond acceptors (Lipinski definition) is 3. The van der Waals surface area contributed by atoms with Crippen LogP contribution in [0.4, 0.5) is 0 Å². The Morgan fingerprint density at radius 2 is 2.06 bits per heavy atom. The van der Waals surface area contributed by atoms with Crippen molar-refractivity contribution in [1.82, 2.24) is 5.32 Å². The largest absolute Gasteiger partial charge is 0.354 e. The van der Waals surface area contributed by atoms with Crippen molar-refractivity contribution in [3.8, 4) is 0 Å². The maximum atomic E-state index is 11.6. The highest BCUT2D eigenvalue weighted by Gasteiger charge is 2.42. The van der Waals surface area contributed by atoms with E-state index in [9.17, 15) is 13.2 Å². The fourth-order valence-electron chi connectivity index (χ4n) is 1.51. The fraction of sp³-hybridized carbons (Fsp3) is 0.900. The fourth-order valence-corrected chi connectivity index (χ4v) is 2.82. The predicted molar refractivity (Wildman–Crippen MR) is 67.4 cm³/mol. The average Bonchev–Trinajstić information content (AvgIpc) is 2.93. The molecule has 1 aliphatic carbocycles. The van der Waals surface area contributed by atoms with E-state index in [0.717, 1.165) is 30.8 Å². The van der Waals surface area contributed by atoms with Gasteiger partial charge in [0.2, 0.25) is 5.91 Å². The summed E-state index contributed by atoms with van der Waals surface area (Å²) in [6.07, 6.45) is 4.35. The highest BCUT2D eigenvalue weighted by molar-refractivity contribution is 9.09. The highest BCUT2D eigenvalue weighted by atomic mass is 79.9. The van der Waals surface area contributed by atoms with Crippen LogP contribution >= 0.6 is 15.9 Å². The van der Waals surface area contributed by atoms with E-state index in [1.807, 2.05) is 0 Å². The quantitative estimate of drug-likeness (QED) is 0.747. The standard InChI is InChI=1S/C10H18BrNO3S/c1-8(16(2,14)15)9(13)12-7-10(3-4-10)5-6-11/h8H,3-7H2,1-2H3,(H,12,13). The first-order chi connectivity index (χ1) is 7.31. The van der Waals surface area contributed by atoms with Crippen LogP contribution in [-0.4, -0.2) is 37.7 Å². The summed E-state index contributed by atoms with van der Waals surface area (Å²) in [5.41, 5.74) is 0.219. The molecule has 0 heterocycles. The van der Waals surface area contributed by atoms with E-state index in [2.05, 4.69) is 21.2 Å². The Kier molecular flexibility index (Phi) is 4.40. The number of carbonyl (C=O) groups is 1. The number of hydrogen-bond donors (Lipinski definition) is 1. The van der Waals surface area contributed by atoms with Crippen LogP contribution in [-0.2, 0) is 14.6 Å². The molecule has 0 aliphatic heterocycles. The second kappa shape index (κ2) is 5.04. The second-order valence-corrected chi connectivity index (χ2v) is 7.79. The molecule has 0 aromatic rings. The number of alkyl halides is 1. The Balaban J connectivity index is 2.42. The smallest absolute Gasteiger partial charge is 0.238 e. The lowest BCUT2D eigenvalue weighted by molar-refractivity contribution is -0.120. The van der Waals surface area contributed by atoms with Gasteiger partial charge in [0, 0.05) is 18.1 Å². The Morgan fingerprint density at radius 1 is 1.50 bits per heavy atom. The first kappa shape index (κ1) is 14.0. The van der Waals surface area contributed by atoms with E-state index in [1.165, 1.54) is 6.92 Å². The minimum Gasteiger partial charge on any atom is -0.354 e. The van der Waals surface area contributed by atoms with Gasteiger partial charge in [-0.1, -0.05) is 15.9 Å². The van der Waals surface area contributed by atoms with E-state index < -0.39 is 15.1 Å². The van der Waals surface area contributed by atoms with E-state index in [0.29, 0.717) is 6.54 Å². The molecule has 1 aliphatic rings. The van der Waals surface area contributed by atoms with Crippen molar-refractivity contribution in [2.75, 3.05) is 18.1 Å². The number of sulfone groups is 1. The van der Waals surface area contributed by atoms with Gasteiger partial charge < -0.3 is 5.32 Å². The van der Waals surface area contributed by atoms with Gasteiger partial charge >= 0.3 is 0 Å². The van der Waals surface area contributed by atoms with Gasteiger partial charge in [-0.3, -0.25) is 4.79 Å². The third-order valence-electron chi connectivity index (χ3n) is 3.23. The van der Waals surface area contributed by atoms with Crippen LogP contribution in [0.25, 0.3) is 0 Å². The van der Waals surface area contributed by atoms with Crippen molar-refractivity contribution in [3.05, 3.63) is 0 Å². The Bertz CT molecular complexity index is 362. The van der Waals surface area contributed by atoms with Crippen LogP contribution < -0.4 is 5.32 Å². The molecule has 94 valence electrons. The zero-order chi connectivity index (χ0) is 12.4. The van der Waals surface area contributed by atoms with Crippen LogP contribution in [0.1, 0.15) is 26.2 Å². The minimum absolute atomic E-state index is 0.219. The summed E-state index contributed by atoms with van der Waals surface area (Å²) in [7, 11) is -3.28. The van der Waals surface area contributed by atoms with Gasteiger partial charge in [-0.2, -0.15) is 0 Å². The van der Waals surface area contributed by atoms with E-state index >= 15 is 0 Å². The first-order valence-corrected chi connectivity index (χ1v) is 8.41. The lowest BCUT2D eigenvalue weighted by Crippen LogP contribution is -2.40. The molecule has 4 nitrogen and oxygen atoms in total. The molecule has 0 aromatic heterocycles. The molecule has 1 saturated carbocycles. The molecule has 0 bridgehead atoms. The van der Waals surface area contributed by atoms with Crippen molar-refractivity contribution in [3.63, 3.8) is 0 Å². The highest BCUT2D eigenvalue weighted by Crippen LogP contribution is 2.48. The molecule has 1 rings (SSSR count). The van der Waals surface area contributed by atoms with Crippen LogP contribution in [0.5, 0.6) is 0 Å². The zero-order valence-electron chi connectivity index (χ0n) is 9.62. The molecule has 16 heavy (non-hydrogen) atoms. The Morgan fingerprint density at radius 3 is 2.44 bits per heavy atom. The average molecular weight is 312 g/mol. The maximum absolute atomic E-state index is 11.6. The SMILES string of the molecule is CC(C(=O)NCC1(CCBr)CC1)S(C)(=O)=O. The van der Waals surface area contributed by atoms with Crippen LogP contribution in [0, 0.1) is 5.41 Å². The lowest BCUT2D eigenvalue weighted by Gasteiger charge is -2.16. The molecule has 1 amide bonds. The van der Waals surface area contributed by atoms with Gasteiger partial charge in [0.25, 0.3) is 0 Å². The molecule has 0 radical (unpaired) electrons. The third-order valence-corrected chi connectivity index (χ3v) is 5.13. The number of halogens is 1. The molecule has 1 unspecified atom stereocenters. The monoisotopic (exact) mass is 311 g/mol. The summed E-state index contributed by atoms with van der Waals surface area (Å²) >= 11 is 3.38. The van der Waals surface area contributed by atoms with Gasteiger partial charge in [-0.15, -0.1) is 0 Å². The molecule has 1 N–H and O–H groups in total. The number of nitrogens with one attached hydrogen (secondary N) is 1. The van der Waals surface area contributed by atoms with Crippen LogP contribution in [0.15, 0.2) is 0 Å². The van der Waals surface area contributed by atoms with Crippen molar-refractivity contribution >= 4 is 31.7 Å². The van der Waals surface area contributed by atoms with Crippen molar-refractivity contribution in [2.45, 2.75) is 31.4 Å². The van der Waals surface area contributed by atoms with Gasteiger partial charge in [0.15, 0.2) is 9.84 Å². The second-order valence-electron chi connectivity index (χ2n) is 4.63. The topological polar surface area (TPSA) is 63.2 Å². The summed E-state index contributed by atoms with van der Waals surface area (Å²) in [6.45, 7) is 2.02. The molecule has 1 atom stereocenters. The summed E-state index contributed by atoms with van der Waals surface area (Å²) < 4.78 is 22.3. The van der Waals surface area contributed by atoms with Gasteiger partial charge in [-0.05, 0) is 31.6 Å². The van der Waals surface area contributed by atoms with Crippen molar-refractivity contribution in [1.29, 1.82) is 0 Å². The van der Waals surface area contributed by atoms with Gasteiger partial charge in [-0.25, -0.2) is 8.42 Å². The maximum Gasteiger partial charge on any atom is 0.238 e. The van der Waals surface area contributed by atoms with E-state index in [1.54, 1.807) is 0 Å². The molecule has 6 heteroatoms. The van der Waals surface area contributed by atoms with Crippen LogP contribution in [0.2, 0.25) is 0 Å². The number of carbonyl (C=O) groups excluding carboxylic acids is 1. The molecular formula is C10H18BrNO3S. The first-order valence-electron chi connectivity index (χ1n) is 5.33.